The number of ether oxygens (including phenoxy) is 1. The quantitative estimate of drug-likeness (QED) is 0.892. The Hall–Kier alpha value is -1.37. The normalized spacial score (nSPS) is 13.0. The molecule has 2 aromatic carbocycles. The molecular formula is C15H16BrNO3S. The predicted octanol–water partition coefficient (Wildman–Crippen LogP) is 3.66. The van der Waals surface area contributed by atoms with Crippen LogP contribution in [0.25, 0.3) is 0 Å². The van der Waals surface area contributed by atoms with Gasteiger partial charge in [-0.2, -0.15) is 0 Å². The molecule has 4 nitrogen and oxygen atoms in total. The van der Waals surface area contributed by atoms with Crippen LogP contribution in [0.5, 0.6) is 11.5 Å². The van der Waals surface area contributed by atoms with Gasteiger partial charge in [0.05, 0.1) is 4.90 Å². The average molecular weight is 370 g/mol. The Bertz CT molecular complexity index is 740. The largest absolute Gasteiger partial charge is 0.457 e. The van der Waals surface area contributed by atoms with Gasteiger partial charge in [0.15, 0.2) is 9.84 Å². The first-order valence-corrected chi connectivity index (χ1v) is 8.99. The number of halogens is 1. The summed E-state index contributed by atoms with van der Waals surface area (Å²) in [6, 6.07) is 11.8. The predicted molar refractivity (Wildman–Crippen MR) is 86.4 cm³/mol. The van der Waals surface area contributed by atoms with E-state index in [9.17, 15) is 8.42 Å². The highest BCUT2D eigenvalue weighted by Crippen LogP contribution is 2.29. The van der Waals surface area contributed by atoms with Gasteiger partial charge >= 0.3 is 0 Å². The third-order valence-corrected chi connectivity index (χ3v) is 4.77. The fourth-order valence-electron chi connectivity index (χ4n) is 1.83. The van der Waals surface area contributed by atoms with E-state index in [2.05, 4.69) is 15.9 Å². The number of sulfone groups is 1. The van der Waals surface area contributed by atoms with Gasteiger partial charge < -0.3 is 10.5 Å². The minimum atomic E-state index is -3.19. The van der Waals surface area contributed by atoms with E-state index in [0.29, 0.717) is 11.5 Å². The molecule has 2 rings (SSSR count). The highest BCUT2D eigenvalue weighted by Gasteiger charge is 2.09. The lowest BCUT2D eigenvalue weighted by Crippen LogP contribution is -2.05. The zero-order valence-corrected chi connectivity index (χ0v) is 14.1. The molecule has 0 aromatic heterocycles. The third kappa shape index (κ3) is 4.06. The summed E-state index contributed by atoms with van der Waals surface area (Å²) in [4.78, 5) is 0.267. The van der Waals surface area contributed by atoms with Gasteiger partial charge in [0.25, 0.3) is 0 Å². The summed E-state index contributed by atoms with van der Waals surface area (Å²) in [5.74, 6) is 1.22. The van der Waals surface area contributed by atoms with Crippen molar-refractivity contribution in [2.24, 2.45) is 5.73 Å². The van der Waals surface area contributed by atoms with Crippen molar-refractivity contribution in [3.63, 3.8) is 0 Å². The third-order valence-electron chi connectivity index (χ3n) is 2.95. The van der Waals surface area contributed by atoms with Gasteiger partial charge in [-0.15, -0.1) is 0 Å². The van der Waals surface area contributed by atoms with Gasteiger partial charge in [0, 0.05) is 16.8 Å². The van der Waals surface area contributed by atoms with Gasteiger partial charge in [-0.05, 0) is 48.9 Å². The first-order valence-electron chi connectivity index (χ1n) is 6.30. The molecule has 0 spiro atoms. The van der Waals surface area contributed by atoms with E-state index >= 15 is 0 Å². The smallest absolute Gasteiger partial charge is 0.175 e. The minimum Gasteiger partial charge on any atom is -0.457 e. The van der Waals surface area contributed by atoms with Crippen LogP contribution in [-0.2, 0) is 9.84 Å². The molecule has 112 valence electrons. The first-order chi connectivity index (χ1) is 9.77. The minimum absolute atomic E-state index is 0.0672. The molecule has 6 heteroatoms. The van der Waals surface area contributed by atoms with Crippen LogP contribution in [0.3, 0.4) is 0 Å². The standard InChI is InChI=1S/C15H16BrNO3S/c1-10(17)14-8-5-12(9-15(14)16)20-11-3-6-13(7-4-11)21(2,18)19/h3-10H,17H2,1-2H3. The second-order valence-corrected chi connectivity index (χ2v) is 7.69. The summed E-state index contributed by atoms with van der Waals surface area (Å²) in [6.45, 7) is 1.91. The van der Waals surface area contributed by atoms with Crippen molar-refractivity contribution in [1.82, 2.24) is 0 Å². The van der Waals surface area contributed by atoms with Crippen molar-refractivity contribution in [3.05, 3.63) is 52.5 Å². The van der Waals surface area contributed by atoms with E-state index in [-0.39, 0.29) is 10.9 Å². The summed E-state index contributed by atoms with van der Waals surface area (Å²) in [7, 11) is -3.19. The molecule has 0 saturated heterocycles. The zero-order chi connectivity index (χ0) is 15.6. The number of benzene rings is 2. The zero-order valence-electron chi connectivity index (χ0n) is 11.7. The van der Waals surface area contributed by atoms with Crippen molar-refractivity contribution in [2.75, 3.05) is 6.26 Å². The SMILES string of the molecule is CC(N)c1ccc(Oc2ccc(S(C)(=O)=O)cc2)cc1Br. The molecule has 0 bridgehead atoms. The van der Waals surface area contributed by atoms with Crippen LogP contribution < -0.4 is 10.5 Å². The van der Waals surface area contributed by atoms with Crippen molar-refractivity contribution >= 4 is 25.8 Å². The van der Waals surface area contributed by atoms with E-state index < -0.39 is 9.84 Å². The van der Waals surface area contributed by atoms with Crippen molar-refractivity contribution < 1.29 is 13.2 Å². The Morgan fingerprint density at radius 3 is 2.14 bits per heavy atom. The maximum absolute atomic E-state index is 11.4. The molecule has 1 atom stereocenters. The van der Waals surface area contributed by atoms with Crippen LogP contribution in [0, 0.1) is 0 Å². The lowest BCUT2D eigenvalue weighted by molar-refractivity contribution is 0.481. The Balaban J connectivity index is 2.21. The summed E-state index contributed by atoms with van der Waals surface area (Å²) in [5, 5.41) is 0. The van der Waals surface area contributed by atoms with E-state index in [1.54, 1.807) is 12.1 Å². The Morgan fingerprint density at radius 2 is 1.67 bits per heavy atom. The Morgan fingerprint density at radius 1 is 1.10 bits per heavy atom. The monoisotopic (exact) mass is 369 g/mol. The molecule has 21 heavy (non-hydrogen) atoms. The van der Waals surface area contributed by atoms with Crippen LogP contribution in [-0.4, -0.2) is 14.7 Å². The van der Waals surface area contributed by atoms with Gasteiger partial charge in [-0.3, -0.25) is 0 Å². The van der Waals surface area contributed by atoms with Crippen LogP contribution in [0.4, 0.5) is 0 Å². The molecule has 0 aliphatic rings. The number of nitrogens with two attached hydrogens (primary N) is 1. The molecule has 2 N–H and O–H groups in total. The highest BCUT2D eigenvalue weighted by molar-refractivity contribution is 9.10. The fraction of sp³-hybridized carbons (Fsp3) is 0.200. The first kappa shape index (κ1) is 16.0. The van der Waals surface area contributed by atoms with Crippen LogP contribution in [0.1, 0.15) is 18.5 Å². The number of hydrogen-bond acceptors (Lipinski definition) is 4. The molecule has 0 heterocycles. The average Bonchev–Trinajstić information content (AvgIpc) is 2.38. The second kappa shape index (κ2) is 6.17. The lowest BCUT2D eigenvalue weighted by Gasteiger charge is -2.11. The van der Waals surface area contributed by atoms with Crippen LogP contribution in [0.2, 0.25) is 0 Å². The summed E-state index contributed by atoms with van der Waals surface area (Å²) in [5.41, 5.74) is 6.84. The molecule has 0 radical (unpaired) electrons. The summed E-state index contributed by atoms with van der Waals surface area (Å²) < 4.78 is 29.4. The molecule has 1 unspecified atom stereocenters. The van der Waals surface area contributed by atoms with Crippen LogP contribution >= 0.6 is 15.9 Å². The number of rotatable bonds is 4. The molecule has 0 saturated carbocycles. The Kier molecular flexibility index (Phi) is 4.70. The molecule has 0 fully saturated rings. The van der Waals surface area contributed by atoms with Crippen molar-refractivity contribution in [1.29, 1.82) is 0 Å². The van der Waals surface area contributed by atoms with Gasteiger partial charge in [-0.25, -0.2) is 8.42 Å². The molecular weight excluding hydrogens is 354 g/mol. The molecule has 0 amide bonds. The van der Waals surface area contributed by atoms with E-state index in [4.69, 9.17) is 10.5 Å². The second-order valence-electron chi connectivity index (χ2n) is 4.82. The van der Waals surface area contributed by atoms with Gasteiger partial charge in [-0.1, -0.05) is 22.0 Å². The Labute approximate surface area is 133 Å². The summed E-state index contributed by atoms with van der Waals surface area (Å²) in [6.07, 6.45) is 1.17. The van der Waals surface area contributed by atoms with Gasteiger partial charge in [0.1, 0.15) is 11.5 Å². The van der Waals surface area contributed by atoms with Crippen LogP contribution in [0.15, 0.2) is 51.8 Å². The topological polar surface area (TPSA) is 69.4 Å². The molecule has 0 aliphatic carbocycles. The van der Waals surface area contributed by atoms with E-state index in [1.807, 2.05) is 25.1 Å². The molecule has 0 aliphatic heterocycles. The maximum atomic E-state index is 11.4. The maximum Gasteiger partial charge on any atom is 0.175 e. The highest BCUT2D eigenvalue weighted by atomic mass is 79.9. The number of hydrogen-bond donors (Lipinski definition) is 1. The molecule has 2 aromatic rings. The van der Waals surface area contributed by atoms with Crippen molar-refractivity contribution in [3.8, 4) is 11.5 Å². The lowest BCUT2D eigenvalue weighted by atomic mass is 10.1. The fourth-order valence-corrected chi connectivity index (χ4v) is 3.18. The van der Waals surface area contributed by atoms with E-state index in [1.165, 1.54) is 18.4 Å². The van der Waals surface area contributed by atoms with Crippen molar-refractivity contribution in [2.45, 2.75) is 17.9 Å². The van der Waals surface area contributed by atoms with E-state index in [0.717, 1.165) is 10.0 Å². The van der Waals surface area contributed by atoms with Gasteiger partial charge in [0.2, 0.25) is 0 Å². The summed E-state index contributed by atoms with van der Waals surface area (Å²) >= 11 is 3.46.